The summed E-state index contributed by atoms with van der Waals surface area (Å²) in [6.45, 7) is 17.4. The van der Waals surface area contributed by atoms with Crippen LogP contribution in [0.15, 0.2) is 70.7 Å². The SMILES string of the molecule is CCCc1cc(C)[nH]c(=O)c1CNC(=O)c1cc(-c2ccc(N3CCN(C(=O)CCCOCCCC(=O)CC4N=C(c5ccc(Cl)cc5)c5c(sc(C)c5C)-n5c(C)nnc54)CC3)nc2)nc2c1cnn2C(C)C. The number of thiophene rings is 1. The van der Waals surface area contributed by atoms with E-state index in [1.165, 1.54) is 4.88 Å². The summed E-state index contributed by atoms with van der Waals surface area (Å²) in [6, 6.07) is 14.8. The van der Waals surface area contributed by atoms with Gasteiger partial charge in [0.15, 0.2) is 11.5 Å². The molecule has 0 radical (unpaired) electrons. The summed E-state index contributed by atoms with van der Waals surface area (Å²) >= 11 is 7.94. The van der Waals surface area contributed by atoms with E-state index in [0.29, 0.717) is 104 Å². The highest BCUT2D eigenvalue weighted by atomic mass is 35.5. The number of nitrogens with zero attached hydrogens (tertiary/aromatic N) is 10. The van der Waals surface area contributed by atoms with Crippen molar-refractivity contribution in [2.75, 3.05) is 44.3 Å². The monoisotopic (exact) mass is 1040 g/mol. The molecule has 0 bridgehead atoms. The molecule has 7 aromatic rings. The summed E-state index contributed by atoms with van der Waals surface area (Å²) in [7, 11) is 0. The van der Waals surface area contributed by atoms with Crippen LogP contribution < -0.4 is 15.8 Å². The summed E-state index contributed by atoms with van der Waals surface area (Å²) in [5.41, 5.74) is 8.29. The molecule has 2 N–H and O–H groups in total. The third-order valence-corrected chi connectivity index (χ3v) is 15.3. The fraction of sp³-hybridized carbons (Fsp3) is 0.418. The number of aliphatic imine (C=N–C) groups is 1. The molecule has 74 heavy (non-hydrogen) atoms. The minimum Gasteiger partial charge on any atom is -0.381 e. The zero-order valence-corrected chi connectivity index (χ0v) is 44.7. The van der Waals surface area contributed by atoms with Crippen molar-refractivity contribution in [2.24, 2.45) is 4.99 Å². The van der Waals surface area contributed by atoms with Crippen LogP contribution in [0.1, 0.15) is 132 Å². The molecule has 9 rings (SSSR count). The maximum atomic E-state index is 13.9. The smallest absolute Gasteiger partial charge is 0.253 e. The number of nitrogens with one attached hydrogen (secondary N) is 2. The number of benzene rings is 1. The Labute approximate surface area is 439 Å². The zero-order chi connectivity index (χ0) is 52.2. The number of halogens is 1. The summed E-state index contributed by atoms with van der Waals surface area (Å²) in [5.74, 6) is 2.02. The summed E-state index contributed by atoms with van der Waals surface area (Å²) < 4.78 is 9.76. The van der Waals surface area contributed by atoms with Crippen molar-refractivity contribution < 1.29 is 19.1 Å². The maximum Gasteiger partial charge on any atom is 0.253 e. The van der Waals surface area contributed by atoms with E-state index >= 15 is 0 Å². The average molecular weight is 1040 g/mol. The molecule has 1 atom stereocenters. The second kappa shape index (κ2) is 22.7. The Morgan fingerprint density at radius 2 is 1.68 bits per heavy atom. The number of aromatic nitrogens is 8. The predicted octanol–water partition coefficient (Wildman–Crippen LogP) is 8.95. The zero-order valence-electron chi connectivity index (χ0n) is 43.1. The Hall–Kier alpha value is -6.89. The standard InChI is InChI=1S/C55H63ClN12O5S/c1-8-11-38-26-33(4)60-54(72)43(38)30-58-53(71)42-28-45(62-51-44(42)31-59-68(51)32(2)3)39-16-19-47(57-29-39)65-20-22-66(23-21-65)48(70)13-10-25-73-24-9-12-41(69)27-46-52-64-63-36(7)67(52)55-49(34(5)35(6)74-55)50(61-46)37-14-17-40(56)18-15-37/h14-19,26,28-29,31-32,46H,8-13,20-25,27,30H2,1-7H3,(H,58,71)(H,60,72). The molecule has 17 nitrogen and oxygen atoms in total. The third-order valence-electron chi connectivity index (χ3n) is 13.8. The van der Waals surface area contributed by atoms with Gasteiger partial charge in [-0.15, -0.1) is 21.5 Å². The molecule has 2 aliphatic heterocycles. The number of hydrogen-bond donors (Lipinski definition) is 2. The van der Waals surface area contributed by atoms with Gasteiger partial charge in [0.05, 0.1) is 28.6 Å². The highest BCUT2D eigenvalue weighted by Gasteiger charge is 2.33. The van der Waals surface area contributed by atoms with E-state index in [1.807, 2.05) is 75.1 Å². The number of carbonyl (C=O) groups excluding carboxylic acids is 3. The maximum absolute atomic E-state index is 13.9. The van der Waals surface area contributed by atoms with Gasteiger partial charge in [-0.3, -0.25) is 28.7 Å². The van der Waals surface area contributed by atoms with Crippen LogP contribution in [0.2, 0.25) is 5.02 Å². The quantitative estimate of drug-likeness (QED) is 0.0733. The lowest BCUT2D eigenvalue weighted by atomic mass is 9.99. The molecule has 1 aromatic carbocycles. The highest BCUT2D eigenvalue weighted by molar-refractivity contribution is 7.15. The molecular formula is C55H63ClN12O5S. The first kappa shape index (κ1) is 52.0. The summed E-state index contributed by atoms with van der Waals surface area (Å²) in [6.07, 6.45) is 7.10. The number of aromatic amines is 1. The van der Waals surface area contributed by atoms with E-state index in [2.05, 4.69) is 55.8 Å². The number of piperazine rings is 1. The lowest BCUT2D eigenvalue weighted by Crippen LogP contribution is -2.49. The predicted molar refractivity (Wildman–Crippen MR) is 289 cm³/mol. The Balaban J connectivity index is 0.741. The normalized spacial score (nSPS) is 14.6. The van der Waals surface area contributed by atoms with Crippen molar-refractivity contribution in [3.8, 4) is 16.3 Å². The minimum atomic E-state index is -0.507. The van der Waals surface area contributed by atoms with Gasteiger partial charge in [0.25, 0.3) is 11.5 Å². The van der Waals surface area contributed by atoms with Crippen molar-refractivity contribution >= 4 is 63.1 Å². The molecule has 6 aromatic heterocycles. The molecule has 0 saturated carbocycles. The van der Waals surface area contributed by atoms with Gasteiger partial charge < -0.3 is 24.8 Å². The number of rotatable bonds is 19. The van der Waals surface area contributed by atoms with Crippen LogP contribution in [0, 0.1) is 27.7 Å². The number of ether oxygens (including phenoxy) is 1. The molecular weight excluding hydrogens is 976 g/mol. The Bertz CT molecular complexity index is 3290. The van der Waals surface area contributed by atoms with Crippen molar-refractivity contribution in [3.63, 3.8) is 0 Å². The molecule has 19 heteroatoms. The molecule has 8 heterocycles. The summed E-state index contributed by atoms with van der Waals surface area (Å²) in [5, 5.41) is 18.8. The van der Waals surface area contributed by atoms with Gasteiger partial charge >= 0.3 is 0 Å². The van der Waals surface area contributed by atoms with Gasteiger partial charge in [-0.2, -0.15) is 5.10 Å². The first-order valence-electron chi connectivity index (χ1n) is 25.5. The Morgan fingerprint density at radius 3 is 2.39 bits per heavy atom. The largest absolute Gasteiger partial charge is 0.381 e. The Kier molecular flexibility index (Phi) is 15.9. The topological polar surface area (TPSA) is 198 Å². The van der Waals surface area contributed by atoms with Gasteiger partial charge in [0.2, 0.25) is 5.91 Å². The van der Waals surface area contributed by atoms with E-state index in [1.54, 1.807) is 34.5 Å². The van der Waals surface area contributed by atoms with Crippen LogP contribution in [0.3, 0.4) is 0 Å². The van der Waals surface area contributed by atoms with E-state index < -0.39 is 6.04 Å². The fourth-order valence-corrected chi connectivity index (χ4v) is 11.1. The third kappa shape index (κ3) is 11.1. The van der Waals surface area contributed by atoms with Gasteiger partial charge in [0, 0.05) is 115 Å². The fourth-order valence-electron chi connectivity index (χ4n) is 9.78. The molecule has 1 fully saturated rings. The van der Waals surface area contributed by atoms with E-state index in [4.69, 9.17) is 31.3 Å². The molecule has 0 spiro atoms. The van der Waals surface area contributed by atoms with Gasteiger partial charge in [0.1, 0.15) is 28.5 Å². The molecule has 1 unspecified atom stereocenters. The first-order valence-corrected chi connectivity index (χ1v) is 26.7. The van der Waals surface area contributed by atoms with Crippen LogP contribution in [-0.4, -0.2) is 107 Å². The van der Waals surface area contributed by atoms with Crippen molar-refractivity contribution in [3.05, 3.63) is 132 Å². The number of anilines is 1. The molecule has 2 amide bonds. The Morgan fingerprint density at radius 1 is 0.932 bits per heavy atom. The number of carbonyl (C=O) groups is 3. The number of fused-ring (bicyclic) bond motifs is 4. The lowest BCUT2D eigenvalue weighted by Gasteiger charge is -2.35. The van der Waals surface area contributed by atoms with Gasteiger partial charge in [-0.25, -0.2) is 14.6 Å². The van der Waals surface area contributed by atoms with E-state index in [0.717, 1.165) is 68.7 Å². The van der Waals surface area contributed by atoms with Gasteiger partial charge in [-0.05, 0) is 108 Å². The molecule has 1 saturated heterocycles. The average Bonchev–Trinajstić information content (AvgIpc) is 4.06. The summed E-state index contributed by atoms with van der Waals surface area (Å²) in [4.78, 5) is 76.7. The second-order valence-corrected chi connectivity index (χ2v) is 21.1. The number of hydrogen-bond acceptors (Lipinski definition) is 13. The second-order valence-electron chi connectivity index (χ2n) is 19.4. The first-order chi connectivity index (χ1) is 35.7. The highest BCUT2D eigenvalue weighted by Crippen LogP contribution is 2.40. The molecule has 0 aliphatic carbocycles. The van der Waals surface area contributed by atoms with Crippen LogP contribution in [0.25, 0.3) is 27.3 Å². The number of H-pyrrole nitrogens is 1. The van der Waals surface area contributed by atoms with Crippen LogP contribution in [0.4, 0.5) is 5.82 Å². The van der Waals surface area contributed by atoms with Gasteiger partial charge in [-0.1, -0.05) is 37.1 Å². The van der Waals surface area contributed by atoms with Crippen molar-refractivity contribution in [2.45, 2.75) is 112 Å². The lowest BCUT2D eigenvalue weighted by molar-refractivity contribution is -0.131. The van der Waals surface area contributed by atoms with Crippen LogP contribution in [0.5, 0.6) is 0 Å². The number of amides is 2. The molecule has 2 aliphatic rings. The van der Waals surface area contributed by atoms with Crippen LogP contribution in [-0.2, 0) is 27.3 Å². The van der Waals surface area contributed by atoms with Crippen LogP contribution >= 0.6 is 22.9 Å². The number of pyridine rings is 3. The number of ketones is 1. The van der Waals surface area contributed by atoms with E-state index in [9.17, 15) is 19.2 Å². The number of aryl methyl sites for hydroxylation is 4. The van der Waals surface area contributed by atoms with E-state index in [-0.39, 0.29) is 42.2 Å². The molecule has 386 valence electrons. The number of Topliss-reactive ketones (excluding diaryl/α,β-unsaturated/α-hetero) is 1. The van der Waals surface area contributed by atoms with Crippen molar-refractivity contribution in [1.29, 1.82) is 0 Å². The minimum absolute atomic E-state index is 0.000453. The van der Waals surface area contributed by atoms with Crippen molar-refractivity contribution in [1.82, 2.24) is 49.7 Å².